The van der Waals surface area contributed by atoms with E-state index in [1.165, 1.54) is 50.8 Å². The average Bonchev–Trinajstić information content (AvgIpc) is 3.24. The number of hydrogen-bond acceptors (Lipinski definition) is 6. The summed E-state index contributed by atoms with van der Waals surface area (Å²) in [5.74, 6) is -0.697. The van der Waals surface area contributed by atoms with Crippen LogP contribution < -0.4 is 19.2 Å². The third-order valence-electron chi connectivity index (χ3n) is 6.87. The Morgan fingerprint density at radius 3 is 2.21 bits per heavy atom. The number of carbonyl (C=O) groups excluding carboxylic acids is 1. The van der Waals surface area contributed by atoms with Crippen molar-refractivity contribution in [1.29, 1.82) is 0 Å². The van der Waals surface area contributed by atoms with Crippen molar-refractivity contribution in [1.82, 2.24) is 9.99 Å². The number of halogens is 1. The van der Waals surface area contributed by atoms with E-state index in [4.69, 9.17) is 9.47 Å². The lowest BCUT2D eigenvalue weighted by Crippen LogP contribution is -2.39. The smallest absolute Gasteiger partial charge is 0.264 e. The number of hydrogen-bond donors (Lipinski definition) is 1. The summed E-state index contributed by atoms with van der Waals surface area (Å²) >= 11 is 0. The number of carbonyl (C=O) groups is 1. The number of para-hydroxylation sites is 1. The number of aryl methyl sites for hydroxylation is 3. The molecular weight excluding hydrogens is 559 g/mol. The minimum atomic E-state index is -4.29. The number of anilines is 1. The fourth-order valence-corrected chi connectivity index (χ4v) is 6.22. The van der Waals surface area contributed by atoms with Crippen LogP contribution in [0.5, 0.6) is 11.5 Å². The molecule has 4 aromatic rings. The highest BCUT2D eigenvalue weighted by atomic mass is 32.2. The van der Waals surface area contributed by atoms with Crippen molar-refractivity contribution in [3.8, 4) is 17.2 Å². The van der Waals surface area contributed by atoms with Crippen LogP contribution in [0.15, 0.2) is 76.7 Å². The van der Waals surface area contributed by atoms with Gasteiger partial charge in [-0.15, -0.1) is 0 Å². The molecule has 3 aromatic carbocycles. The molecule has 11 heteroatoms. The summed E-state index contributed by atoms with van der Waals surface area (Å²) in [5.41, 5.74) is 8.60. The molecule has 0 aliphatic carbocycles. The van der Waals surface area contributed by atoms with Gasteiger partial charge in [0.15, 0.2) is 11.5 Å². The highest BCUT2D eigenvalue weighted by Gasteiger charge is 2.28. The molecule has 0 spiro atoms. The van der Waals surface area contributed by atoms with E-state index in [0.717, 1.165) is 50.2 Å². The molecule has 0 unspecified atom stereocenters. The van der Waals surface area contributed by atoms with Crippen LogP contribution in [0.25, 0.3) is 5.69 Å². The number of nitrogens with zero attached hydrogens (tertiary/aromatic N) is 3. The van der Waals surface area contributed by atoms with Crippen molar-refractivity contribution in [2.24, 2.45) is 5.10 Å². The molecule has 1 amide bonds. The zero-order valence-corrected chi connectivity index (χ0v) is 25.1. The first-order valence-electron chi connectivity index (χ1n) is 13.1. The Hall–Kier alpha value is -4.64. The number of methoxy groups -OCH3 is 2. The van der Waals surface area contributed by atoms with Gasteiger partial charge in [-0.2, -0.15) is 5.10 Å². The molecule has 0 aliphatic heterocycles. The lowest BCUT2D eigenvalue weighted by molar-refractivity contribution is -0.119. The second-order valence-corrected chi connectivity index (χ2v) is 11.6. The molecule has 0 saturated carbocycles. The molecule has 1 heterocycles. The minimum Gasteiger partial charge on any atom is -0.493 e. The number of amides is 1. The van der Waals surface area contributed by atoms with Gasteiger partial charge in [0.1, 0.15) is 12.4 Å². The highest BCUT2D eigenvalue weighted by molar-refractivity contribution is 7.92. The van der Waals surface area contributed by atoms with Gasteiger partial charge in [-0.3, -0.25) is 9.10 Å². The van der Waals surface area contributed by atoms with Gasteiger partial charge in [-0.25, -0.2) is 18.2 Å². The average molecular weight is 593 g/mol. The monoisotopic (exact) mass is 592 g/mol. The van der Waals surface area contributed by atoms with Gasteiger partial charge in [0.05, 0.1) is 36.7 Å². The van der Waals surface area contributed by atoms with Crippen molar-refractivity contribution in [2.75, 3.05) is 25.1 Å². The van der Waals surface area contributed by atoms with Crippen LogP contribution in [0.4, 0.5) is 10.1 Å². The largest absolute Gasteiger partial charge is 0.493 e. The zero-order chi connectivity index (χ0) is 30.6. The maximum Gasteiger partial charge on any atom is 0.264 e. The second-order valence-electron chi connectivity index (χ2n) is 9.70. The van der Waals surface area contributed by atoms with E-state index < -0.39 is 28.3 Å². The first kappa shape index (κ1) is 30.3. The Balaban J connectivity index is 1.60. The van der Waals surface area contributed by atoms with E-state index in [1.807, 2.05) is 26.0 Å². The quantitative estimate of drug-likeness (QED) is 0.201. The first-order chi connectivity index (χ1) is 20.0. The topological polar surface area (TPSA) is 102 Å². The van der Waals surface area contributed by atoms with E-state index in [1.54, 1.807) is 0 Å². The lowest BCUT2D eigenvalue weighted by atomic mass is 10.1. The maximum atomic E-state index is 13.7. The molecule has 0 saturated heterocycles. The van der Waals surface area contributed by atoms with Crippen molar-refractivity contribution in [3.05, 3.63) is 101 Å². The van der Waals surface area contributed by atoms with Crippen LogP contribution in [0.1, 0.15) is 28.1 Å². The number of aromatic nitrogens is 1. The maximum absolute atomic E-state index is 13.7. The predicted octanol–water partition coefficient (Wildman–Crippen LogP) is 5.21. The normalized spacial score (nSPS) is 11.5. The van der Waals surface area contributed by atoms with Crippen LogP contribution in [0.2, 0.25) is 0 Å². The zero-order valence-electron chi connectivity index (χ0n) is 24.3. The van der Waals surface area contributed by atoms with E-state index in [2.05, 4.69) is 41.1 Å². The van der Waals surface area contributed by atoms with E-state index in [9.17, 15) is 17.6 Å². The van der Waals surface area contributed by atoms with Gasteiger partial charge in [0, 0.05) is 23.0 Å². The molecule has 42 heavy (non-hydrogen) atoms. The van der Waals surface area contributed by atoms with Gasteiger partial charge in [0.25, 0.3) is 15.9 Å². The third kappa shape index (κ3) is 6.15. The molecule has 0 bridgehead atoms. The molecule has 0 aliphatic rings. The van der Waals surface area contributed by atoms with E-state index in [-0.39, 0.29) is 16.3 Å². The molecule has 0 fully saturated rings. The van der Waals surface area contributed by atoms with Gasteiger partial charge < -0.3 is 14.0 Å². The summed E-state index contributed by atoms with van der Waals surface area (Å²) < 4.78 is 54.5. The molecule has 220 valence electrons. The summed E-state index contributed by atoms with van der Waals surface area (Å²) in [7, 11) is -1.47. The number of sulfonamides is 1. The van der Waals surface area contributed by atoms with Crippen LogP contribution in [0, 0.1) is 33.5 Å². The molecular formula is C31H33FN4O5S. The Labute approximate surface area is 245 Å². The minimum absolute atomic E-state index is 0.0995. The summed E-state index contributed by atoms with van der Waals surface area (Å²) in [4.78, 5) is 12.9. The SMILES string of the molecule is COc1ccc(S(=O)(=O)N(CC(=O)N/N=C\c2cc(C)n(-c3c(C)cccc3C)c2C)c2ccc(F)cc2)cc1OC. The lowest BCUT2D eigenvalue weighted by Gasteiger charge is -2.24. The van der Waals surface area contributed by atoms with E-state index in [0.29, 0.717) is 5.75 Å². The predicted molar refractivity (Wildman–Crippen MR) is 161 cm³/mol. The van der Waals surface area contributed by atoms with Crippen LogP contribution in [-0.4, -0.2) is 45.9 Å². The fraction of sp³-hybridized carbons (Fsp3) is 0.226. The molecule has 9 nitrogen and oxygen atoms in total. The summed E-state index contributed by atoms with van der Waals surface area (Å²) in [6.45, 7) is 7.46. The Morgan fingerprint density at radius 2 is 1.60 bits per heavy atom. The summed E-state index contributed by atoms with van der Waals surface area (Å²) in [6.07, 6.45) is 1.52. The fourth-order valence-electron chi connectivity index (χ4n) is 4.79. The van der Waals surface area contributed by atoms with Crippen molar-refractivity contribution >= 4 is 27.8 Å². The molecule has 4 rings (SSSR count). The van der Waals surface area contributed by atoms with Crippen LogP contribution >= 0.6 is 0 Å². The Morgan fingerprint density at radius 1 is 0.952 bits per heavy atom. The van der Waals surface area contributed by atoms with Crippen LogP contribution in [0.3, 0.4) is 0 Å². The second kappa shape index (κ2) is 12.5. The Bertz CT molecular complexity index is 1730. The van der Waals surface area contributed by atoms with Crippen molar-refractivity contribution in [3.63, 3.8) is 0 Å². The van der Waals surface area contributed by atoms with Crippen molar-refractivity contribution in [2.45, 2.75) is 32.6 Å². The number of rotatable bonds is 10. The Kier molecular flexibility index (Phi) is 9.01. The number of benzene rings is 3. The van der Waals surface area contributed by atoms with Crippen LogP contribution in [-0.2, 0) is 14.8 Å². The van der Waals surface area contributed by atoms with E-state index >= 15 is 0 Å². The van der Waals surface area contributed by atoms with Gasteiger partial charge in [0.2, 0.25) is 0 Å². The standard InChI is InChI=1S/C31H33FN4O5S/c1-20-8-7-9-21(2)31(20)36-22(3)16-24(23(36)4)18-33-34-30(37)19-35(26-12-10-25(32)11-13-26)42(38,39)27-14-15-28(40-5)29(17-27)41-6/h7-18H,19H2,1-6H3,(H,34,37)/b33-18-. The van der Waals surface area contributed by atoms with Gasteiger partial charge in [-0.05, 0) is 81.3 Å². The highest BCUT2D eigenvalue weighted by Crippen LogP contribution is 2.32. The third-order valence-corrected chi connectivity index (χ3v) is 8.64. The van der Waals surface area contributed by atoms with Gasteiger partial charge in [-0.1, -0.05) is 18.2 Å². The number of ether oxygens (including phenoxy) is 2. The van der Waals surface area contributed by atoms with Crippen molar-refractivity contribution < 1.29 is 27.1 Å². The molecule has 1 aromatic heterocycles. The number of hydrazone groups is 1. The molecule has 0 radical (unpaired) electrons. The summed E-state index contributed by atoms with van der Waals surface area (Å²) in [6, 6.07) is 17.0. The van der Waals surface area contributed by atoms with Gasteiger partial charge >= 0.3 is 0 Å². The number of nitrogens with one attached hydrogen (secondary N) is 1. The summed E-state index contributed by atoms with van der Waals surface area (Å²) in [5, 5.41) is 4.11. The molecule has 0 atom stereocenters. The first-order valence-corrected chi connectivity index (χ1v) is 14.5. The molecule has 1 N–H and O–H groups in total.